The number of aromatic nitrogens is 1. The highest BCUT2D eigenvalue weighted by Crippen LogP contribution is 2.12. The zero-order chi connectivity index (χ0) is 13.0. The van der Waals surface area contributed by atoms with E-state index in [1.54, 1.807) is 12.1 Å². The van der Waals surface area contributed by atoms with Gasteiger partial charge < -0.3 is 5.32 Å². The molecule has 0 fully saturated rings. The summed E-state index contributed by atoms with van der Waals surface area (Å²) in [6, 6.07) is 7.31. The predicted molar refractivity (Wildman–Crippen MR) is 62.9 cm³/mol. The van der Waals surface area contributed by atoms with Crippen LogP contribution >= 0.6 is 0 Å². The van der Waals surface area contributed by atoms with Crippen molar-refractivity contribution in [3.63, 3.8) is 0 Å². The second kappa shape index (κ2) is 5.35. The zero-order valence-electron chi connectivity index (χ0n) is 9.36. The zero-order valence-corrected chi connectivity index (χ0v) is 9.36. The molecule has 1 aromatic carbocycles. The Morgan fingerprint density at radius 1 is 1.17 bits per heavy atom. The molecule has 0 radical (unpaired) electrons. The lowest BCUT2D eigenvalue weighted by Gasteiger charge is -2.06. The maximum atomic E-state index is 13.3. The highest BCUT2D eigenvalue weighted by atomic mass is 19.1. The molecule has 1 heterocycles. The van der Waals surface area contributed by atoms with Crippen LogP contribution in [-0.2, 0) is 11.2 Å². The third-order valence-corrected chi connectivity index (χ3v) is 2.36. The van der Waals surface area contributed by atoms with Gasteiger partial charge in [0.05, 0.1) is 18.3 Å². The number of rotatable bonds is 3. The first-order valence-electron chi connectivity index (χ1n) is 5.29. The first kappa shape index (κ1) is 12.2. The van der Waals surface area contributed by atoms with Crippen LogP contribution in [0.15, 0.2) is 42.7 Å². The fourth-order valence-corrected chi connectivity index (χ4v) is 1.49. The topological polar surface area (TPSA) is 42.0 Å². The van der Waals surface area contributed by atoms with Gasteiger partial charge in [-0.2, -0.15) is 0 Å². The van der Waals surface area contributed by atoms with Gasteiger partial charge in [-0.05, 0) is 17.7 Å². The number of carbonyl (C=O) groups excluding carboxylic acids is 1. The number of amides is 1. The minimum Gasteiger partial charge on any atom is -0.323 e. The number of nitrogens with zero attached hydrogens (tertiary/aromatic N) is 1. The number of carbonyl (C=O) groups is 1. The molecule has 0 atom stereocenters. The number of hydrogen-bond donors (Lipinski definition) is 1. The third-order valence-electron chi connectivity index (χ3n) is 2.36. The molecule has 1 N–H and O–H groups in total. The number of benzene rings is 1. The van der Waals surface area contributed by atoms with Crippen molar-refractivity contribution in [3.8, 4) is 0 Å². The van der Waals surface area contributed by atoms with Gasteiger partial charge in [-0.25, -0.2) is 8.78 Å². The van der Waals surface area contributed by atoms with Gasteiger partial charge in [-0.15, -0.1) is 0 Å². The molecule has 1 amide bonds. The van der Waals surface area contributed by atoms with E-state index in [-0.39, 0.29) is 17.7 Å². The summed E-state index contributed by atoms with van der Waals surface area (Å²) >= 11 is 0. The molecule has 2 aromatic rings. The summed E-state index contributed by atoms with van der Waals surface area (Å²) in [5.74, 6) is -1.56. The Hall–Kier alpha value is -2.30. The second-order valence-electron chi connectivity index (χ2n) is 3.67. The van der Waals surface area contributed by atoms with Crippen LogP contribution in [0.25, 0.3) is 0 Å². The maximum absolute atomic E-state index is 13.3. The molecule has 0 aliphatic carbocycles. The molecule has 0 aliphatic rings. The lowest BCUT2D eigenvalue weighted by atomic mass is 10.1. The largest absolute Gasteiger partial charge is 0.323 e. The van der Waals surface area contributed by atoms with E-state index in [9.17, 15) is 13.6 Å². The number of nitrogens with one attached hydrogen (secondary N) is 1. The Labute approximate surface area is 102 Å². The molecular formula is C13H10F2N2O. The average molecular weight is 248 g/mol. The first-order valence-corrected chi connectivity index (χ1v) is 5.29. The number of pyridine rings is 1. The van der Waals surface area contributed by atoms with Crippen LogP contribution in [0.5, 0.6) is 0 Å². The molecule has 3 nitrogen and oxygen atoms in total. The quantitative estimate of drug-likeness (QED) is 0.906. The molecule has 0 saturated carbocycles. The van der Waals surface area contributed by atoms with Crippen LogP contribution in [0.2, 0.25) is 0 Å². The Kier molecular flexibility index (Phi) is 3.62. The van der Waals surface area contributed by atoms with Crippen molar-refractivity contribution in [2.45, 2.75) is 6.42 Å². The molecule has 0 unspecified atom stereocenters. The van der Waals surface area contributed by atoms with E-state index in [0.717, 1.165) is 6.20 Å². The summed E-state index contributed by atoms with van der Waals surface area (Å²) in [7, 11) is 0. The minimum absolute atomic E-state index is 0.0336. The van der Waals surface area contributed by atoms with E-state index in [4.69, 9.17) is 0 Å². The van der Waals surface area contributed by atoms with E-state index in [2.05, 4.69) is 10.3 Å². The molecule has 18 heavy (non-hydrogen) atoms. The third kappa shape index (κ3) is 2.88. The summed E-state index contributed by atoms with van der Waals surface area (Å²) in [6.45, 7) is 0. The maximum Gasteiger partial charge on any atom is 0.228 e. The Bertz CT molecular complexity index is 523. The van der Waals surface area contributed by atoms with Crippen LogP contribution in [0.3, 0.4) is 0 Å². The molecule has 92 valence electrons. The molecule has 0 spiro atoms. The van der Waals surface area contributed by atoms with Crippen LogP contribution in [0, 0.1) is 11.6 Å². The van der Waals surface area contributed by atoms with Crippen LogP contribution in [-0.4, -0.2) is 10.9 Å². The first-order chi connectivity index (χ1) is 8.66. The summed E-state index contributed by atoms with van der Waals surface area (Å²) < 4.78 is 26.5. The van der Waals surface area contributed by atoms with Crippen molar-refractivity contribution in [3.05, 3.63) is 59.9 Å². The summed E-state index contributed by atoms with van der Waals surface area (Å²) in [4.78, 5) is 15.2. The molecule has 0 bridgehead atoms. The highest BCUT2D eigenvalue weighted by Gasteiger charge is 2.09. The predicted octanol–water partition coefficient (Wildman–Crippen LogP) is 2.54. The van der Waals surface area contributed by atoms with E-state index < -0.39 is 17.5 Å². The monoisotopic (exact) mass is 248 g/mol. The van der Waals surface area contributed by atoms with E-state index in [1.807, 2.05) is 0 Å². The number of anilines is 1. The fourth-order valence-electron chi connectivity index (χ4n) is 1.49. The van der Waals surface area contributed by atoms with E-state index in [0.29, 0.717) is 0 Å². The molecule has 2 rings (SSSR count). The van der Waals surface area contributed by atoms with Gasteiger partial charge in [0.25, 0.3) is 0 Å². The summed E-state index contributed by atoms with van der Waals surface area (Å²) in [5.41, 5.74) is 0.302. The SMILES string of the molecule is O=C(Cc1ccccc1F)Nc1ccncc1F. The number of hydrogen-bond acceptors (Lipinski definition) is 2. The summed E-state index contributed by atoms with van der Waals surface area (Å²) in [5, 5.41) is 2.37. The molecule has 0 aliphatic heterocycles. The van der Waals surface area contributed by atoms with Gasteiger partial charge in [0.1, 0.15) is 5.82 Å². The second-order valence-corrected chi connectivity index (χ2v) is 3.67. The Balaban J connectivity index is 2.06. The molecule has 1 aromatic heterocycles. The van der Waals surface area contributed by atoms with Crippen molar-refractivity contribution in [2.75, 3.05) is 5.32 Å². The van der Waals surface area contributed by atoms with Gasteiger partial charge in [0, 0.05) is 6.20 Å². The standard InChI is InChI=1S/C13H10F2N2O/c14-10-4-2-1-3-9(10)7-13(18)17-12-5-6-16-8-11(12)15/h1-6,8H,7H2,(H,16,17,18). The van der Waals surface area contributed by atoms with Crippen LogP contribution in [0.1, 0.15) is 5.56 Å². The smallest absolute Gasteiger partial charge is 0.228 e. The van der Waals surface area contributed by atoms with Crippen molar-refractivity contribution < 1.29 is 13.6 Å². The van der Waals surface area contributed by atoms with Crippen molar-refractivity contribution in [1.82, 2.24) is 4.98 Å². The lowest BCUT2D eigenvalue weighted by molar-refractivity contribution is -0.115. The van der Waals surface area contributed by atoms with Gasteiger partial charge in [-0.1, -0.05) is 18.2 Å². The van der Waals surface area contributed by atoms with Gasteiger partial charge in [0.2, 0.25) is 5.91 Å². The normalized spacial score (nSPS) is 10.1. The average Bonchev–Trinajstić information content (AvgIpc) is 2.35. The fraction of sp³-hybridized carbons (Fsp3) is 0.0769. The lowest BCUT2D eigenvalue weighted by Crippen LogP contribution is -2.16. The van der Waals surface area contributed by atoms with Crippen molar-refractivity contribution in [2.24, 2.45) is 0 Å². The van der Waals surface area contributed by atoms with Gasteiger partial charge >= 0.3 is 0 Å². The Morgan fingerprint density at radius 2 is 1.94 bits per heavy atom. The van der Waals surface area contributed by atoms with Gasteiger partial charge in [0.15, 0.2) is 5.82 Å². The van der Waals surface area contributed by atoms with Crippen LogP contribution < -0.4 is 5.32 Å². The van der Waals surface area contributed by atoms with Crippen LogP contribution in [0.4, 0.5) is 14.5 Å². The minimum atomic E-state index is -0.626. The van der Waals surface area contributed by atoms with E-state index >= 15 is 0 Å². The Morgan fingerprint density at radius 3 is 2.67 bits per heavy atom. The molecule has 5 heteroatoms. The number of halogens is 2. The molecular weight excluding hydrogens is 238 g/mol. The summed E-state index contributed by atoms with van der Waals surface area (Å²) in [6.07, 6.45) is 2.22. The van der Waals surface area contributed by atoms with Crippen molar-refractivity contribution >= 4 is 11.6 Å². The molecule has 0 saturated heterocycles. The van der Waals surface area contributed by atoms with Crippen molar-refractivity contribution in [1.29, 1.82) is 0 Å². The van der Waals surface area contributed by atoms with Gasteiger partial charge in [-0.3, -0.25) is 9.78 Å². The van der Waals surface area contributed by atoms with E-state index in [1.165, 1.54) is 24.4 Å². The highest BCUT2D eigenvalue weighted by molar-refractivity contribution is 5.92.